The van der Waals surface area contributed by atoms with Gasteiger partial charge in [-0.2, -0.15) is 0 Å². The highest BCUT2D eigenvalue weighted by Gasteiger charge is 2.17. The smallest absolute Gasteiger partial charge is 0.344 e. The van der Waals surface area contributed by atoms with Crippen LogP contribution in [-0.4, -0.2) is 25.0 Å². The fourth-order valence-electron chi connectivity index (χ4n) is 1.71. The minimum atomic E-state index is -0.461. The van der Waals surface area contributed by atoms with Crippen molar-refractivity contribution in [2.24, 2.45) is 0 Å². The summed E-state index contributed by atoms with van der Waals surface area (Å²) in [4.78, 5) is 23.5. The van der Waals surface area contributed by atoms with Crippen LogP contribution >= 0.6 is 31.9 Å². The molecule has 0 N–H and O–H groups in total. The number of carbonyl (C=O) groups is 2. The first kappa shape index (κ1) is 16.8. The second-order valence-electron chi connectivity index (χ2n) is 4.17. The third kappa shape index (κ3) is 3.98. The monoisotopic (exact) mass is 430 g/mol. The molecule has 0 radical (unpaired) electrons. The van der Waals surface area contributed by atoms with Gasteiger partial charge in [0.15, 0.2) is 12.4 Å². The normalized spacial score (nSPS) is 10.3. The van der Waals surface area contributed by atoms with Crippen LogP contribution in [0, 0.1) is 0 Å². The van der Waals surface area contributed by atoms with Gasteiger partial charge in [-0.05, 0) is 63.0 Å². The molecular weight excluding hydrogens is 420 g/mol. The number of halogens is 2. The zero-order valence-corrected chi connectivity index (χ0v) is 14.8. The van der Waals surface area contributed by atoms with Gasteiger partial charge in [0, 0.05) is 5.56 Å². The first-order chi connectivity index (χ1) is 10.5. The average molecular weight is 432 g/mol. The Morgan fingerprint density at radius 2 is 1.91 bits per heavy atom. The van der Waals surface area contributed by atoms with Crippen LogP contribution in [0.1, 0.15) is 23.0 Å². The van der Waals surface area contributed by atoms with Crippen molar-refractivity contribution < 1.29 is 23.5 Å². The number of benzene rings is 1. The molecule has 1 aromatic heterocycles. The maximum Gasteiger partial charge on any atom is 0.344 e. The van der Waals surface area contributed by atoms with E-state index in [0.717, 1.165) is 0 Å². The summed E-state index contributed by atoms with van der Waals surface area (Å²) in [5.74, 6) is -0.0385. The molecule has 0 aliphatic heterocycles. The standard InChI is InChI=1S/C15H12Br2O5/c1-2-20-13(18)8-22-15-10(16)6-9(7-11(15)17)14(19)12-4-3-5-21-12/h3-7H,2,8H2,1H3. The maximum atomic E-state index is 12.2. The van der Waals surface area contributed by atoms with Gasteiger partial charge in [-0.1, -0.05) is 0 Å². The van der Waals surface area contributed by atoms with Gasteiger partial charge in [-0.3, -0.25) is 4.79 Å². The molecule has 0 bridgehead atoms. The van der Waals surface area contributed by atoms with Crippen LogP contribution in [0.4, 0.5) is 0 Å². The van der Waals surface area contributed by atoms with Crippen molar-refractivity contribution in [1.29, 1.82) is 0 Å². The molecule has 7 heteroatoms. The van der Waals surface area contributed by atoms with Gasteiger partial charge in [0.2, 0.25) is 5.78 Å². The summed E-state index contributed by atoms with van der Waals surface area (Å²) in [5.41, 5.74) is 0.428. The molecule has 22 heavy (non-hydrogen) atoms. The number of rotatable bonds is 6. The van der Waals surface area contributed by atoms with Gasteiger partial charge >= 0.3 is 5.97 Å². The van der Waals surface area contributed by atoms with Crippen molar-refractivity contribution in [3.63, 3.8) is 0 Å². The zero-order valence-electron chi connectivity index (χ0n) is 11.6. The summed E-state index contributed by atoms with van der Waals surface area (Å²) in [6, 6.07) is 6.45. The van der Waals surface area contributed by atoms with Crippen LogP contribution in [0.5, 0.6) is 5.75 Å². The number of furan rings is 1. The minimum Gasteiger partial charge on any atom is -0.480 e. The molecule has 1 aromatic carbocycles. The molecule has 0 saturated carbocycles. The molecule has 0 saturated heterocycles. The summed E-state index contributed by atoms with van der Waals surface area (Å²) in [7, 11) is 0. The quantitative estimate of drug-likeness (QED) is 0.511. The largest absolute Gasteiger partial charge is 0.480 e. The van der Waals surface area contributed by atoms with Gasteiger partial charge in [0.25, 0.3) is 0 Å². The lowest BCUT2D eigenvalue weighted by molar-refractivity contribution is -0.145. The second kappa shape index (κ2) is 7.60. The van der Waals surface area contributed by atoms with Crippen molar-refractivity contribution in [1.82, 2.24) is 0 Å². The van der Waals surface area contributed by atoms with E-state index in [-0.39, 0.29) is 18.2 Å². The summed E-state index contributed by atoms with van der Waals surface area (Å²) in [5, 5.41) is 0. The van der Waals surface area contributed by atoms with Crippen molar-refractivity contribution in [2.75, 3.05) is 13.2 Å². The topological polar surface area (TPSA) is 65.7 Å². The Morgan fingerprint density at radius 3 is 2.45 bits per heavy atom. The molecule has 5 nitrogen and oxygen atoms in total. The van der Waals surface area contributed by atoms with Gasteiger partial charge in [-0.15, -0.1) is 0 Å². The Morgan fingerprint density at radius 1 is 1.23 bits per heavy atom. The Bertz CT molecular complexity index is 656. The molecule has 0 amide bonds. The molecule has 0 aliphatic carbocycles. The Balaban J connectivity index is 2.18. The van der Waals surface area contributed by atoms with E-state index < -0.39 is 5.97 Å². The zero-order chi connectivity index (χ0) is 16.1. The van der Waals surface area contributed by atoms with Gasteiger partial charge < -0.3 is 13.9 Å². The van der Waals surface area contributed by atoms with E-state index in [1.165, 1.54) is 6.26 Å². The van der Waals surface area contributed by atoms with Crippen LogP contribution in [0.15, 0.2) is 43.9 Å². The highest BCUT2D eigenvalue weighted by Crippen LogP contribution is 2.35. The maximum absolute atomic E-state index is 12.2. The number of ether oxygens (including phenoxy) is 2. The Labute approximate surface area is 143 Å². The van der Waals surface area contributed by atoms with E-state index in [1.807, 2.05) is 0 Å². The summed E-state index contributed by atoms with van der Waals surface area (Å²) in [6.07, 6.45) is 1.44. The highest BCUT2D eigenvalue weighted by atomic mass is 79.9. The summed E-state index contributed by atoms with van der Waals surface area (Å²) >= 11 is 6.66. The molecular formula is C15H12Br2O5. The second-order valence-corrected chi connectivity index (χ2v) is 5.88. The van der Waals surface area contributed by atoms with Crippen LogP contribution in [0.3, 0.4) is 0 Å². The van der Waals surface area contributed by atoms with Crippen LogP contribution in [-0.2, 0) is 9.53 Å². The number of hydrogen-bond donors (Lipinski definition) is 0. The number of esters is 1. The molecule has 1 heterocycles. The fourth-order valence-corrected chi connectivity index (χ4v) is 3.13. The van der Waals surface area contributed by atoms with Gasteiger partial charge in [0.1, 0.15) is 5.75 Å². The summed E-state index contributed by atoms with van der Waals surface area (Å²) < 4.78 is 16.4. The van der Waals surface area contributed by atoms with Crippen molar-refractivity contribution >= 4 is 43.6 Å². The lowest BCUT2D eigenvalue weighted by Crippen LogP contribution is -2.15. The fraction of sp³-hybridized carbons (Fsp3) is 0.200. The van der Waals surface area contributed by atoms with Crippen LogP contribution < -0.4 is 4.74 Å². The lowest BCUT2D eigenvalue weighted by Gasteiger charge is -2.11. The lowest BCUT2D eigenvalue weighted by atomic mass is 10.1. The number of carbonyl (C=O) groups excluding carboxylic acids is 2. The minimum absolute atomic E-state index is 0.212. The van der Waals surface area contributed by atoms with E-state index >= 15 is 0 Å². The first-order valence-corrected chi connectivity index (χ1v) is 7.97. The SMILES string of the molecule is CCOC(=O)COc1c(Br)cc(C(=O)c2ccco2)cc1Br. The van der Waals surface area contributed by atoms with E-state index in [9.17, 15) is 9.59 Å². The molecule has 0 fully saturated rings. The van der Waals surface area contributed by atoms with Gasteiger partial charge in [-0.25, -0.2) is 4.79 Å². The van der Waals surface area contributed by atoms with E-state index in [4.69, 9.17) is 13.9 Å². The van der Waals surface area contributed by atoms with Crippen molar-refractivity contribution in [2.45, 2.75) is 6.92 Å². The van der Waals surface area contributed by atoms with E-state index in [0.29, 0.717) is 26.9 Å². The molecule has 0 aliphatic rings. The first-order valence-electron chi connectivity index (χ1n) is 6.38. The molecule has 0 atom stereocenters. The van der Waals surface area contributed by atoms with Crippen molar-refractivity contribution in [3.8, 4) is 5.75 Å². The molecule has 2 rings (SSSR count). The summed E-state index contributed by atoms with van der Waals surface area (Å²) in [6.45, 7) is 1.80. The highest BCUT2D eigenvalue weighted by molar-refractivity contribution is 9.11. The van der Waals surface area contributed by atoms with E-state index in [1.54, 1.807) is 31.2 Å². The van der Waals surface area contributed by atoms with Gasteiger partial charge in [0.05, 0.1) is 21.8 Å². The predicted octanol–water partition coefficient (Wildman–Crippen LogP) is 3.98. The molecule has 2 aromatic rings. The Kier molecular flexibility index (Phi) is 5.79. The molecule has 116 valence electrons. The third-order valence-electron chi connectivity index (χ3n) is 2.65. The third-order valence-corrected chi connectivity index (χ3v) is 3.82. The number of ketones is 1. The Hall–Kier alpha value is -1.60. The molecule has 0 spiro atoms. The number of hydrogen-bond acceptors (Lipinski definition) is 5. The van der Waals surface area contributed by atoms with Crippen LogP contribution in [0.2, 0.25) is 0 Å². The van der Waals surface area contributed by atoms with Crippen LogP contribution in [0.25, 0.3) is 0 Å². The molecule has 0 unspecified atom stereocenters. The van der Waals surface area contributed by atoms with Crippen molar-refractivity contribution in [3.05, 3.63) is 50.8 Å². The predicted molar refractivity (Wildman–Crippen MR) is 86.1 cm³/mol. The average Bonchev–Trinajstić information content (AvgIpc) is 2.99. The van der Waals surface area contributed by atoms with E-state index in [2.05, 4.69) is 31.9 Å².